The highest BCUT2D eigenvalue weighted by Crippen LogP contribution is 2.33. The molecule has 0 atom stereocenters. The Kier molecular flexibility index (Phi) is 4.30. The summed E-state index contributed by atoms with van der Waals surface area (Å²) in [6.07, 6.45) is 4.13. The Morgan fingerprint density at radius 3 is 1.76 bits per heavy atom. The summed E-state index contributed by atoms with van der Waals surface area (Å²) in [6.45, 7) is 0. The summed E-state index contributed by atoms with van der Waals surface area (Å²) in [7, 11) is 0. The molecule has 0 fully saturated rings. The smallest absolute Gasteiger partial charge is 0.135 e. The molecule has 120 valence electrons. The predicted octanol–water partition coefficient (Wildman–Crippen LogP) is 6.78. The van der Waals surface area contributed by atoms with Crippen molar-refractivity contribution in [3.05, 3.63) is 108 Å². The zero-order valence-corrected chi connectivity index (χ0v) is 13.8. The Labute approximate surface area is 147 Å². The number of hydrogen-bond acceptors (Lipinski definition) is 1. The van der Waals surface area contributed by atoms with E-state index >= 15 is 0 Å². The van der Waals surface area contributed by atoms with E-state index in [-0.39, 0.29) is 0 Å². The third-order valence-corrected chi connectivity index (χ3v) is 4.13. The first-order valence-corrected chi connectivity index (χ1v) is 8.38. The second-order valence-electron chi connectivity index (χ2n) is 5.86. The summed E-state index contributed by atoms with van der Waals surface area (Å²) in [5.74, 6) is 1.75. The maximum atomic E-state index is 6.19. The molecule has 4 rings (SSSR count). The predicted molar refractivity (Wildman–Crippen MR) is 105 cm³/mol. The van der Waals surface area contributed by atoms with Crippen LogP contribution in [0, 0.1) is 0 Å². The first kappa shape index (κ1) is 15.2. The normalized spacial score (nSPS) is 11.0. The van der Waals surface area contributed by atoms with Gasteiger partial charge in [0, 0.05) is 11.1 Å². The summed E-state index contributed by atoms with van der Waals surface area (Å²) in [5.41, 5.74) is 4.49. The number of rotatable bonds is 4. The van der Waals surface area contributed by atoms with Gasteiger partial charge >= 0.3 is 0 Å². The maximum Gasteiger partial charge on any atom is 0.135 e. The van der Waals surface area contributed by atoms with Crippen molar-refractivity contribution in [1.29, 1.82) is 0 Å². The Morgan fingerprint density at radius 1 is 0.560 bits per heavy atom. The van der Waals surface area contributed by atoms with E-state index in [1.165, 1.54) is 0 Å². The molecule has 0 amide bonds. The lowest BCUT2D eigenvalue weighted by Crippen LogP contribution is -1.76. The van der Waals surface area contributed by atoms with Crippen LogP contribution in [-0.2, 0) is 0 Å². The van der Waals surface area contributed by atoms with Crippen molar-refractivity contribution in [2.45, 2.75) is 0 Å². The molecule has 0 aliphatic carbocycles. The molecule has 0 radical (unpaired) electrons. The summed E-state index contributed by atoms with van der Waals surface area (Å²) in [5, 5.41) is 0. The minimum absolute atomic E-state index is 0.869. The van der Waals surface area contributed by atoms with Crippen LogP contribution in [-0.4, -0.2) is 0 Å². The summed E-state index contributed by atoms with van der Waals surface area (Å²) < 4.78 is 6.19. The zero-order valence-electron chi connectivity index (χ0n) is 13.8. The summed E-state index contributed by atoms with van der Waals surface area (Å²) in [6, 6.07) is 32.9. The summed E-state index contributed by atoms with van der Waals surface area (Å²) >= 11 is 0. The van der Waals surface area contributed by atoms with Gasteiger partial charge in [-0.2, -0.15) is 0 Å². The quantitative estimate of drug-likeness (QED) is 0.403. The molecule has 1 nitrogen and oxygen atoms in total. The van der Waals surface area contributed by atoms with Gasteiger partial charge in [0.25, 0.3) is 0 Å². The molecular formula is C24H18O. The molecule has 1 heterocycles. The van der Waals surface area contributed by atoms with E-state index in [4.69, 9.17) is 4.42 Å². The topological polar surface area (TPSA) is 13.1 Å². The molecule has 1 heteroatoms. The summed E-state index contributed by atoms with van der Waals surface area (Å²) in [4.78, 5) is 0. The molecule has 25 heavy (non-hydrogen) atoms. The van der Waals surface area contributed by atoms with Gasteiger partial charge in [0.15, 0.2) is 0 Å². The van der Waals surface area contributed by atoms with Gasteiger partial charge in [-0.1, -0.05) is 97.1 Å². The number of hydrogen-bond donors (Lipinski definition) is 0. The van der Waals surface area contributed by atoms with Gasteiger partial charge in [0.2, 0.25) is 0 Å². The fraction of sp³-hybridized carbons (Fsp3) is 0. The minimum atomic E-state index is 0.869. The number of benzene rings is 3. The second kappa shape index (κ2) is 7.06. The molecule has 1 aromatic heterocycles. The van der Waals surface area contributed by atoms with Crippen LogP contribution < -0.4 is 0 Å². The van der Waals surface area contributed by atoms with Gasteiger partial charge in [-0.05, 0) is 23.3 Å². The average molecular weight is 322 g/mol. The third kappa shape index (κ3) is 3.46. The van der Waals surface area contributed by atoms with Gasteiger partial charge in [-0.25, -0.2) is 0 Å². The first-order valence-electron chi connectivity index (χ1n) is 8.38. The Hall–Kier alpha value is -3.32. The van der Waals surface area contributed by atoms with Crippen molar-refractivity contribution in [1.82, 2.24) is 0 Å². The highest BCUT2D eigenvalue weighted by atomic mass is 16.3. The Bertz CT molecular complexity index is 965. The van der Waals surface area contributed by atoms with Gasteiger partial charge in [0.05, 0.1) is 0 Å². The number of furan rings is 1. The monoisotopic (exact) mass is 322 g/mol. The van der Waals surface area contributed by atoms with Crippen LogP contribution in [0.1, 0.15) is 11.3 Å². The first-order chi connectivity index (χ1) is 12.4. The largest absolute Gasteiger partial charge is 0.456 e. The SMILES string of the molecule is C(=C\c1oc(-c2ccccc2)cc1-c1ccccc1)/c1ccccc1. The van der Waals surface area contributed by atoms with Crippen molar-refractivity contribution in [2.75, 3.05) is 0 Å². The maximum absolute atomic E-state index is 6.19. The Balaban J connectivity index is 1.78. The average Bonchev–Trinajstić information content (AvgIpc) is 3.13. The second-order valence-corrected chi connectivity index (χ2v) is 5.86. The molecule has 0 bridgehead atoms. The molecule has 0 saturated heterocycles. The van der Waals surface area contributed by atoms with Gasteiger partial charge < -0.3 is 4.42 Å². The molecule has 0 spiro atoms. The van der Waals surface area contributed by atoms with Gasteiger partial charge in [-0.3, -0.25) is 0 Å². The van der Waals surface area contributed by atoms with Gasteiger partial charge in [0.1, 0.15) is 11.5 Å². The van der Waals surface area contributed by atoms with Crippen LogP contribution in [0.15, 0.2) is 101 Å². The lowest BCUT2D eigenvalue weighted by atomic mass is 10.0. The fourth-order valence-corrected chi connectivity index (χ4v) is 2.85. The van der Waals surface area contributed by atoms with Crippen molar-refractivity contribution in [3.63, 3.8) is 0 Å². The third-order valence-electron chi connectivity index (χ3n) is 4.13. The zero-order chi connectivity index (χ0) is 16.9. The minimum Gasteiger partial charge on any atom is -0.456 e. The van der Waals surface area contributed by atoms with E-state index in [2.05, 4.69) is 60.7 Å². The van der Waals surface area contributed by atoms with Crippen molar-refractivity contribution < 1.29 is 4.42 Å². The van der Waals surface area contributed by atoms with Crippen LogP contribution in [0.5, 0.6) is 0 Å². The molecule has 0 unspecified atom stereocenters. The van der Waals surface area contributed by atoms with E-state index in [1.807, 2.05) is 48.5 Å². The van der Waals surface area contributed by atoms with Gasteiger partial charge in [-0.15, -0.1) is 0 Å². The van der Waals surface area contributed by atoms with Crippen molar-refractivity contribution in [2.24, 2.45) is 0 Å². The molecule has 0 aliphatic rings. The highest BCUT2D eigenvalue weighted by Gasteiger charge is 2.12. The Morgan fingerprint density at radius 2 is 1.12 bits per heavy atom. The molecule has 4 aromatic rings. The van der Waals surface area contributed by atoms with Crippen LogP contribution in [0.4, 0.5) is 0 Å². The molecule has 3 aromatic carbocycles. The van der Waals surface area contributed by atoms with Crippen LogP contribution >= 0.6 is 0 Å². The van der Waals surface area contributed by atoms with Crippen LogP contribution in [0.3, 0.4) is 0 Å². The van der Waals surface area contributed by atoms with E-state index in [1.54, 1.807) is 0 Å². The lowest BCUT2D eigenvalue weighted by molar-refractivity contribution is 0.573. The molecular weight excluding hydrogens is 304 g/mol. The standard InChI is InChI=1S/C24H18O/c1-4-10-19(11-5-1)16-17-23-22(20-12-6-2-7-13-20)18-24(25-23)21-14-8-3-9-15-21/h1-18H/b17-16+. The van der Waals surface area contributed by atoms with E-state index in [9.17, 15) is 0 Å². The lowest BCUT2D eigenvalue weighted by Gasteiger charge is -1.98. The van der Waals surface area contributed by atoms with E-state index in [0.717, 1.165) is 33.8 Å². The van der Waals surface area contributed by atoms with Crippen LogP contribution in [0.25, 0.3) is 34.6 Å². The fourth-order valence-electron chi connectivity index (χ4n) is 2.85. The van der Waals surface area contributed by atoms with E-state index < -0.39 is 0 Å². The van der Waals surface area contributed by atoms with Crippen LogP contribution in [0.2, 0.25) is 0 Å². The molecule has 0 saturated carbocycles. The van der Waals surface area contributed by atoms with E-state index in [0.29, 0.717) is 0 Å². The molecule has 0 aliphatic heterocycles. The molecule has 0 N–H and O–H groups in total. The van der Waals surface area contributed by atoms with Crippen molar-refractivity contribution >= 4 is 12.2 Å². The van der Waals surface area contributed by atoms with Crippen molar-refractivity contribution in [3.8, 4) is 22.5 Å². The highest BCUT2D eigenvalue weighted by molar-refractivity contribution is 5.81.